The summed E-state index contributed by atoms with van der Waals surface area (Å²) in [6.45, 7) is 0. The molecule has 1 aliphatic rings. The Hall–Kier alpha value is -0.410. The first-order valence-corrected chi connectivity index (χ1v) is 9.79. The van der Waals surface area contributed by atoms with Crippen molar-refractivity contribution in [2.75, 3.05) is 11.5 Å². The van der Waals surface area contributed by atoms with Gasteiger partial charge in [0.25, 0.3) is 0 Å². The molecule has 1 aromatic rings. The SMILES string of the molecule is O=S1(=O)CCC(NS(=O)(=O)c2cnc(Cl)c(Cl)c2)CC1. The molecule has 1 saturated heterocycles. The Morgan fingerprint density at radius 1 is 1.25 bits per heavy atom. The standard InChI is InChI=1S/C10H12Cl2N2O4S2/c11-9-5-8(6-13-10(9)12)20(17,18)14-7-1-3-19(15,16)4-2-7/h5-7,14H,1-4H2. The van der Waals surface area contributed by atoms with Gasteiger partial charge in [-0.05, 0) is 18.9 Å². The average molecular weight is 359 g/mol. The maximum absolute atomic E-state index is 12.1. The quantitative estimate of drug-likeness (QED) is 0.820. The van der Waals surface area contributed by atoms with E-state index in [9.17, 15) is 16.8 Å². The van der Waals surface area contributed by atoms with Gasteiger partial charge in [-0.25, -0.2) is 26.5 Å². The lowest BCUT2D eigenvalue weighted by Gasteiger charge is -2.22. The van der Waals surface area contributed by atoms with E-state index in [0.717, 1.165) is 6.20 Å². The maximum atomic E-state index is 12.1. The molecule has 112 valence electrons. The van der Waals surface area contributed by atoms with Gasteiger partial charge in [0, 0.05) is 12.2 Å². The minimum atomic E-state index is -3.79. The summed E-state index contributed by atoms with van der Waals surface area (Å²) < 4.78 is 49.3. The first-order chi connectivity index (χ1) is 9.20. The lowest BCUT2D eigenvalue weighted by Crippen LogP contribution is -2.40. The van der Waals surface area contributed by atoms with Crippen molar-refractivity contribution in [3.8, 4) is 0 Å². The highest BCUT2D eigenvalue weighted by Crippen LogP contribution is 2.23. The van der Waals surface area contributed by atoms with Gasteiger partial charge >= 0.3 is 0 Å². The van der Waals surface area contributed by atoms with Crippen LogP contribution in [0.15, 0.2) is 17.2 Å². The fourth-order valence-electron chi connectivity index (χ4n) is 1.85. The van der Waals surface area contributed by atoms with E-state index in [1.807, 2.05) is 0 Å². The Bertz CT molecular complexity index is 705. The average Bonchev–Trinajstić information content (AvgIpc) is 2.35. The van der Waals surface area contributed by atoms with Crippen LogP contribution in [0.4, 0.5) is 0 Å². The van der Waals surface area contributed by atoms with E-state index in [-0.39, 0.29) is 39.4 Å². The van der Waals surface area contributed by atoms with E-state index in [0.29, 0.717) is 0 Å². The lowest BCUT2D eigenvalue weighted by molar-refractivity contribution is 0.505. The zero-order valence-corrected chi connectivity index (χ0v) is 13.4. The zero-order chi connectivity index (χ0) is 15.0. The molecule has 1 fully saturated rings. The molecule has 0 saturated carbocycles. The van der Waals surface area contributed by atoms with Crippen LogP contribution in [0, 0.1) is 0 Å². The fraction of sp³-hybridized carbons (Fsp3) is 0.500. The van der Waals surface area contributed by atoms with E-state index < -0.39 is 25.9 Å². The first kappa shape index (κ1) is 16.0. The molecule has 0 unspecified atom stereocenters. The van der Waals surface area contributed by atoms with E-state index in [1.165, 1.54) is 6.07 Å². The summed E-state index contributed by atoms with van der Waals surface area (Å²) in [5.41, 5.74) is 0. The molecule has 6 nitrogen and oxygen atoms in total. The van der Waals surface area contributed by atoms with E-state index >= 15 is 0 Å². The predicted octanol–water partition coefficient (Wildman–Crippen LogP) is 1.24. The molecule has 1 aromatic heterocycles. The highest BCUT2D eigenvalue weighted by Gasteiger charge is 2.28. The van der Waals surface area contributed by atoms with Crippen molar-refractivity contribution in [1.82, 2.24) is 9.71 Å². The van der Waals surface area contributed by atoms with Gasteiger partial charge in [-0.15, -0.1) is 0 Å². The van der Waals surface area contributed by atoms with E-state index in [4.69, 9.17) is 23.2 Å². The number of sulfonamides is 1. The minimum Gasteiger partial charge on any atom is -0.242 e. The van der Waals surface area contributed by atoms with Crippen molar-refractivity contribution < 1.29 is 16.8 Å². The molecular weight excluding hydrogens is 347 g/mol. The number of nitrogens with zero attached hydrogens (tertiary/aromatic N) is 1. The Labute approximate surface area is 127 Å². The van der Waals surface area contributed by atoms with Gasteiger partial charge < -0.3 is 0 Å². The predicted molar refractivity (Wildman–Crippen MR) is 76.3 cm³/mol. The van der Waals surface area contributed by atoms with Crippen LogP contribution < -0.4 is 4.72 Å². The summed E-state index contributed by atoms with van der Waals surface area (Å²) in [6, 6.07) is 0.802. The fourth-order valence-corrected chi connectivity index (χ4v) is 4.95. The lowest BCUT2D eigenvalue weighted by atomic mass is 10.2. The van der Waals surface area contributed by atoms with Crippen LogP contribution in [0.3, 0.4) is 0 Å². The second-order valence-corrected chi connectivity index (χ2v) is 9.27. The molecule has 2 heterocycles. The Morgan fingerprint density at radius 3 is 2.40 bits per heavy atom. The number of rotatable bonds is 3. The molecular formula is C10H12Cl2N2O4S2. The molecule has 0 aliphatic carbocycles. The van der Waals surface area contributed by atoms with Crippen molar-refractivity contribution in [2.24, 2.45) is 0 Å². The molecule has 0 aromatic carbocycles. The first-order valence-electron chi connectivity index (χ1n) is 5.73. The monoisotopic (exact) mass is 358 g/mol. The third kappa shape index (κ3) is 3.82. The Morgan fingerprint density at radius 2 is 1.85 bits per heavy atom. The van der Waals surface area contributed by atoms with Crippen molar-refractivity contribution >= 4 is 43.1 Å². The molecule has 20 heavy (non-hydrogen) atoms. The molecule has 10 heteroatoms. The number of halogens is 2. The summed E-state index contributed by atoms with van der Waals surface area (Å²) >= 11 is 11.4. The van der Waals surface area contributed by atoms with Crippen molar-refractivity contribution in [3.05, 3.63) is 22.4 Å². The number of nitrogens with one attached hydrogen (secondary N) is 1. The molecule has 1 aliphatic heterocycles. The number of hydrogen-bond acceptors (Lipinski definition) is 5. The number of hydrogen-bond donors (Lipinski definition) is 1. The second-order valence-electron chi connectivity index (χ2n) is 4.49. The molecule has 0 radical (unpaired) electrons. The summed E-state index contributed by atoms with van der Waals surface area (Å²) in [5.74, 6) is -0.0282. The summed E-state index contributed by atoms with van der Waals surface area (Å²) in [4.78, 5) is 3.58. The number of pyridine rings is 1. The molecule has 0 spiro atoms. The Balaban J connectivity index is 2.13. The van der Waals surface area contributed by atoms with Gasteiger partial charge in [-0.3, -0.25) is 0 Å². The summed E-state index contributed by atoms with van der Waals surface area (Å²) in [5, 5.41) is 0.0649. The molecule has 1 N–H and O–H groups in total. The minimum absolute atomic E-state index is 0.0141. The van der Waals surface area contributed by atoms with Crippen LogP contribution in [-0.2, 0) is 19.9 Å². The normalized spacial score (nSPS) is 19.9. The molecule has 0 bridgehead atoms. The third-order valence-electron chi connectivity index (χ3n) is 2.96. The van der Waals surface area contributed by atoms with Gasteiger partial charge in [-0.2, -0.15) is 0 Å². The van der Waals surface area contributed by atoms with Crippen LogP contribution in [0.2, 0.25) is 10.2 Å². The van der Waals surface area contributed by atoms with Crippen LogP contribution >= 0.6 is 23.2 Å². The van der Waals surface area contributed by atoms with Crippen molar-refractivity contribution in [2.45, 2.75) is 23.8 Å². The van der Waals surface area contributed by atoms with Gasteiger partial charge in [-0.1, -0.05) is 23.2 Å². The molecule has 0 amide bonds. The number of aromatic nitrogens is 1. The molecule has 2 rings (SSSR count). The van der Waals surface area contributed by atoms with E-state index in [1.54, 1.807) is 0 Å². The van der Waals surface area contributed by atoms with E-state index in [2.05, 4.69) is 9.71 Å². The van der Waals surface area contributed by atoms with Gasteiger partial charge in [0.05, 0.1) is 16.5 Å². The third-order valence-corrected chi connectivity index (χ3v) is 6.85. The van der Waals surface area contributed by atoms with Crippen molar-refractivity contribution in [3.63, 3.8) is 0 Å². The number of sulfone groups is 1. The highest BCUT2D eigenvalue weighted by atomic mass is 35.5. The summed E-state index contributed by atoms with van der Waals surface area (Å²) in [6.07, 6.45) is 1.63. The van der Waals surface area contributed by atoms with Gasteiger partial charge in [0.1, 0.15) is 19.9 Å². The second kappa shape index (κ2) is 5.76. The van der Waals surface area contributed by atoms with Gasteiger partial charge in [0.2, 0.25) is 10.0 Å². The van der Waals surface area contributed by atoms with Crippen molar-refractivity contribution in [1.29, 1.82) is 0 Å². The zero-order valence-electron chi connectivity index (χ0n) is 10.2. The highest BCUT2D eigenvalue weighted by molar-refractivity contribution is 7.91. The largest absolute Gasteiger partial charge is 0.242 e. The smallest absolute Gasteiger partial charge is 0.242 e. The van der Waals surface area contributed by atoms with Crippen LogP contribution in [0.25, 0.3) is 0 Å². The van der Waals surface area contributed by atoms with Gasteiger partial charge in [0.15, 0.2) is 0 Å². The summed E-state index contributed by atoms with van der Waals surface area (Å²) in [7, 11) is -6.82. The maximum Gasteiger partial charge on any atom is 0.242 e. The van der Waals surface area contributed by atoms with Crippen LogP contribution in [0.1, 0.15) is 12.8 Å². The topological polar surface area (TPSA) is 93.2 Å². The van der Waals surface area contributed by atoms with Crippen LogP contribution in [-0.4, -0.2) is 39.4 Å². The Kier molecular flexibility index (Phi) is 4.60. The van der Waals surface area contributed by atoms with Crippen LogP contribution in [0.5, 0.6) is 0 Å². The molecule has 0 atom stereocenters.